The van der Waals surface area contributed by atoms with Gasteiger partial charge in [0.25, 0.3) is 5.69 Å². The van der Waals surface area contributed by atoms with Crippen LogP contribution in [-0.2, 0) is 10.3 Å². The summed E-state index contributed by atoms with van der Waals surface area (Å²) in [5.74, 6) is -1.12. The van der Waals surface area contributed by atoms with E-state index in [4.69, 9.17) is 4.74 Å². The van der Waals surface area contributed by atoms with Crippen molar-refractivity contribution in [3.8, 4) is 5.75 Å². The summed E-state index contributed by atoms with van der Waals surface area (Å²) in [6.07, 6.45) is 4.75. The lowest BCUT2D eigenvalue weighted by Gasteiger charge is -2.37. The largest absolute Gasteiger partial charge is 0.497 e. The highest BCUT2D eigenvalue weighted by Gasteiger charge is 2.69. The zero-order chi connectivity index (χ0) is 25.0. The van der Waals surface area contributed by atoms with Crippen LogP contribution >= 0.6 is 0 Å². The molecule has 4 atom stereocenters. The average Bonchev–Trinajstić information content (AvgIpc) is 3.57. The summed E-state index contributed by atoms with van der Waals surface area (Å²) in [6, 6.07) is 15.2. The highest BCUT2D eigenvalue weighted by atomic mass is 16.6. The number of ether oxygens (including phenoxy) is 1. The van der Waals surface area contributed by atoms with Gasteiger partial charge in [0.1, 0.15) is 11.3 Å². The third-order valence-corrected chi connectivity index (χ3v) is 7.90. The molecule has 0 unspecified atom stereocenters. The Kier molecular flexibility index (Phi) is 5.11. The summed E-state index contributed by atoms with van der Waals surface area (Å²) >= 11 is 0. The number of benzene rings is 2. The van der Waals surface area contributed by atoms with Crippen LogP contribution in [0.4, 0.5) is 11.4 Å². The zero-order valence-electron chi connectivity index (χ0n) is 19.6. The van der Waals surface area contributed by atoms with E-state index in [0.29, 0.717) is 34.7 Å². The lowest BCUT2D eigenvalue weighted by Crippen LogP contribution is -2.52. The van der Waals surface area contributed by atoms with E-state index in [9.17, 15) is 19.7 Å². The van der Waals surface area contributed by atoms with Gasteiger partial charge in [-0.05, 0) is 55.3 Å². The number of carbonyl (C=O) groups is 2. The van der Waals surface area contributed by atoms with Crippen LogP contribution in [-0.4, -0.2) is 46.2 Å². The lowest BCUT2D eigenvalue weighted by molar-refractivity contribution is -0.384. The first-order valence-corrected chi connectivity index (χ1v) is 11.9. The number of pyridine rings is 1. The van der Waals surface area contributed by atoms with Crippen LogP contribution in [0, 0.1) is 16.0 Å². The monoisotopic (exact) mass is 484 g/mol. The number of anilines is 1. The number of rotatable bonds is 5. The number of carbonyl (C=O) groups excluding carboxylic acids is 2. The van der Waals surface area contributed by atoms with Gasteiger partial charge in [-0.3, -0.25) is 29.6 Å². The standard InChI is InChI=1S/C27H24N4O5/c1-36-19-9-10-21-20(14-19)27(26(33)29-21)24(25(32)17-6-3-11-28-15-17)23(22-8-4-12-30(22)27)16-5-2-7-18(13-16)31(34)35/h2-3,5-7,9-11,13-15,22-24H,4,8,12H2,1H3,(H,29,33)/t22-,23-,24-,27+/m0/s1. The Morgan fingerprint density at radius 2 is 2.08 bits per heavy atom. The Labute approximate surface area is 207 Å². The maximum Gasteiger partial charge on any atom is 0.269 e. The number of amides is 1. The number of nitro groups is 1. The molecule has 1 N–H and O–H groups in total. The van der Waals surface area contributed by atoms with Gasteiger partial charge in [-0.25, -0.2) is 0 Å². The third-order valence-electron chi connectivity index (χ3n) is 7.90. The normalized spacial score (nSPS) is 26.5. The van der Waals surface area contributed by atoms with E-state index in [1.807, 2.05) is 12.1 Å². The van der Waals surface area contributed by atoms with Crippen LogP contribution in [0.3, 0.4) is 0 Å². The molecule has 6 rings (SSSR count). The summed E-state index contributed by atoms with van der Waals surface area (Å²) in [4.78, 5) is 45.8. The van der Waals surface area contributed by atoms with E-state index in [1.54, 1.807) is 49.7 Å². The van der Waals surface area contributed by atoms with Crippen LogP contribution in [0.25, 0.3) is 0 Å². The quantitative estimate of drug-likeness (QED) is 0.332. The van der Waals surface area contributed by atoms with Crippen LogP contribution in [0.15, 0.2) is 67.0 Å². The molecule has 2 fully saturated rings. The molecule has 1 amide bonds. The molecule has 3 aromatic rings. The van der Waals surface area contributed by atoms with Crippen molar-refractivity contribution in [1.82, 2.24) is 9.88 Å². The molecule has 9 nitrogen and oxygen atoms in total. The molecule has 3 aliphatic rings. The number of ketones is 1. The SMILES string of the molecule is COc1ccc2c(c1)[C@]1(C(=O)N2)[C@H](C(=O)c2cccnc2)[C@@H](c2cccc([N+](=O)[O-])c2)[C@@H]2CCCN21. The number of non-ortho nitro benzene ring substituents is 1. The van der Waals surface area contributed by atoms with Crippen molar-refractivity contribution >= 4 is 23.1 Å². The molecule has 0 saturated carbocycles. The first-order valence-electron chi connectivity index (χ1n) is 11.9. The Bertz CT molecular complexity index is 1390. The predicted octanol–water partition coefficient (Wildman–Crippen LogP) is 3.91. The number of fused-ring (bicyclic) bond motifs is 4. The maximum absolute atomic E-state index is 14.3. The molecule has 0 bridgehead atoms. The summed E-state index contributed by atoms with van der Waals surface area (Å²) in [6.45, 7) is 0.636. The smallest absolute Gasteiger partial charge is 0.269 e. The fraction of sp³-hybridized carbons (Fsp3) is 0.296. The minimum absolute atomic E-state index is 0.0384. The summed E-state index contributed by atoms with van der Waals surface area (Å²) in [5, 5.41) is 14.6. The van der Waals surface area contributed by atoms with E-state index >= 15 is 0 Å². The molecular weight excluding hydrogens is 460 g/mol. The van der Waals surface area contributed by atoms with Crippen molar-refractivity contribution in [2.45, 2.75) is 30.3 Å². The summed E-state index contributed by atoms with van der Waals surface area (Å²) in [7, 11) is 1.57. The molecule has 0 aliphatic carbocycles. The van der Waals surface area contributed by atoms with Crippen molar-refractivity contribution in [2.75, 3.05) is 19.0 Å². The molecule has 2 aromatic carbocycles. The molecular formula is C27H24N4O5. The van der Waals surface area contributed by atoms with E-state index in [-0.39, 0.29) is 23.4 Å². The molecule has 3 aliphatic heterocycles. The lowest BCUT2D eigenvalue weighted by atomic mass is 9.69. The second kappa shape index (κ2) is 8.23. The minimum Gasteiger partial charge on any atom is -0.497 e. The number of Topliss-reactive ketones (excluding diaryl/α,β-unsaturated/α-hetero) is 1. The van der Waals surface area contributed by atoms with E-state index in [1.165, 1.54) is 12.3 Å². The minimum atomic E-state index is -1.27. The number of methoxy groups -OCH3 is 1. The van der Waals surface area contributed by atoms with Crippen LogP contribution in [0.1, 0.15) is 40.2 Å². The Hall–Kier alpha value is -4.11. The van der Waals surface area contributed by atoms with Crippen molar-refractivity contribution in [3.05, 3.63) is 93.8 Å². The summed E-state index contributed by atoms with van der Waals surface area (Å²) < 4.78 is 5.50. The van der Waals surface area contributed by atoms with Gasteiger partial charge in [-0.2, -0.15) is 0 Å². The molecule has 1 aromatic heterocycles. The van der Waals surface area contributed by atoms with Gasteiger partial charge in [-0.15, -0.1) is 0 Å². The predicted molar refractivity (Wildman–Crippen MR) is 131 cm³/mol. The van der Waals surface area contributed by atoms with Gasteiger partial charge in [-0.1, -0.05) is 12.1 Å². The third kappa shape index (κ3) is 3.02. The van der Waals surface area contributed by atoms with Crippen molar-refractivity contribution < 1.29 is 19.2 Å². The molecule has 182 valence electrons. The second-order valence-electron chi connectivity index (χ2n) is 9.50. The highest BCUT2D eigenvalue weighted by Crippen LogP contribution is 2.61. The van der Waals surface area contributed by atoms with Gasteiger partial charge >= 0.3 is 0 Å². The fourth-order valence-electron chi connectivity index (χ4n) is 6.57. The first kappa shape index (κ1) is 22.4. The molecule has 0 radical (unpaired) electrons. The van der Waals surface area contributed by atoms with Gasteiger partial charge in [0.15, 0.2) is 5.78 Å². The Balaban J connectivity index is 1.63. The number of hydrogen-bond acceptors (Lipinski definition) is 7. The molecule has 1 spiro atoms. The van der Waals surface area contributed by atoms with Gasteiger partial charge in [0.2, 0.25) is 5.91 Å². The second-order valence-corrected chi connectivity index (χ2v) is 9.50. The van der Waals surface area contributed by atoms with Gasteiger partial charge in [0.05, 0.1) is 18.0 Å². The van der Waals surface area contributed by atoms with Crippen molar-refractivity contribution in [3.63, 3.8) is 0 Å². The van der Waals surface area contributed by atoms with Gasteiger partial charge in [0, 0.05) is 53.3 Å². The summed E-state index contributed by atoms with van der Waals surface area (Å²) in [5.41, 5.74) is 1.13. The molecule has 4 heterocycles. The molecule has 9 heteroatoms. The van der Waals surface area contributed by atoms with E-state index in [0.717, 1.165) is 12.8 Å². The zero-order valence-corrected chi connectivity index (χ0v) is 19.6. The van der Waals surface area contributed by atoms with Crippen LogP contribution < -0.4 is 10.1 Å². The highest BCUT2D eigenvalue weighted by molar-refractivity contribution is 6.12. The number of nitrogens with zero attached hydrogens (tertiary/aromatic N) is 3. The maximum atomic E-state index is 14.3. The van der Waals surface area contributed by atoms with Crippen LogP contribution in [0.2, 0.25) is 0 Å². The van der Waals surface area contributed by atoms with E-state index < -0.39 is 22.3 Å². The van der Waals surface area contributed by atoms with Crippen LogP contribution in [0.5, 0.6) is 5.75 Å². The Morgan fingerprint density at radius 3 is 2.83 bits per heavy atom. The fourth-order valence-corrected chi connectivity index (χ4v) is 6.57. The molecule has 36 heavy (non-hydrogen) atoms. The number of nitrogens with one attached hydrogen (secondary N) is 1. The number of nitro benzene ring substituents is 1. The average molecular weight is 485 g/mol. The first-order chi connectivity index (χ1) is 17.5. The Morgan fingerprint density at radius 1 is 1.22 bits per heavy atom. The number of hydrogen-bond donors (Lipinski definition) is 1. The van der Waals surface area contributed by atoms with Crippen molar-refractivity contribution in [2.24, 2.45) is 5.92 Å². The number of aromatic nitrogens is 1. The van der Waals surface area contributed by atoms with E-state index in [2.05, 4.69) is 15.2 Å². The molecule has 2 saturated heterocycles. The van der Waals surface area contributed by atoms with Crippen molar-refractivity contribution in [1.29, 1.82) is 0 Å². The topological polar surface area (TPSA) is 115 Å². The van der Waals surface area contributed by atoms with Gasteiger partial charge < -0.3 is 10.1 Å².